The topological polar surface area (TPSA) is 76.8 Å². The van der Waals surface area contributed by atoms with Gasteiger partial charge in [0.1, 0.15) is 12.4 Å². The fourth-order valence-electron chi connectivity index (χ4n) is 2.69. The number of benzene rings is 2. The normalized spacial score (nSPS) is 10.6. The second-order valence-electron chi connectivity index (χ2n) is 5.68. The molecule has 140 valence electrons. The second-order valence-corrected chi connectivity index (χ2v) is 5.68. The van der Waals surface area contributed by atoms with Gasteiger partial charge in [-0.05, 0) is 18.2 Å². The lowest BCUT2D eigenvalue weighted by molar-refractivity contribution is 0.129. The minimum absolute atomic E-state index is 0.0862. The van der Waals surface area contributed by atoms with Crippen LogP contribution in [0.2, 0.25) is 0 Å². The predicted octanol–water partition coefficient (Wildman–Crippen LogP) is 3.85. The first-order valence-electron chi connectivity index (χ1n) is 8.07. The number of anilines is 1. The molecule has 0 spiro atoms. The van der Waals surface area contributed by atoms with Crippen molar-refractivity contribution < 1.29 is 23.9 Å². The Kier molecular flexibility index (Phi) is 5.37. The molecule has 0 saturated heterocycles. The van der Waals surface area contributed by atoms with Crippen LogP contribution in [-0.2, 0) is 18.5 Å². The number of hydroxylamine groups is 1. The highest BCUT2D eigenvalue weighted by Crippen LogP contribution is 2.26. The van der Waals surface area contributed by atoms with Gasteiger partial charge >= 0.3 is 6.09 Å². The Morgan fingerprint density at radius 3 is 2.70 bits per heavy atom. The third kappa shape index (κ3) is 4.06. The summed E-state index contributed by atoms with van der Waals surface area (Å²) in [5.41, 5.74) is 2.34. The Labute approximate surface area is 155 Å². The van der Waals surface area contributed by atoms with Crippen molar-refractivity contribution in [2.24, 2.45) is 7.05 Å². The first-order chi connectivity index (χ1) is 13.0. The van der Waals surface area contributed by atoms with E-state index in [-0.39, 0.29) is 12.4 Å². The van der Waals surface area contributed by atoms with Gasteiger partial charge in [-0.15, -0.1) is 5.10 Å². The first kappa shape index (κ1) is 18.4. The van der Waals surface area contributed by atoms with Crippen LogP contribution in [0.5, 0.6) is 5.88 Å². The van der Waals surface area contributed by atoms with Gasteiger partial charge in [-0.1, -0.05) is 30.3 Å². The molecule has 1 heterocycles. The maximum Gasteiger partial charge on any atom is 0.436 e. The molecule has 2 aromatic carbocycles. The summed E-state index contributed by atoms with van der Waals surface area (Å²) in [6, 6.07) is 14.7. The standard InChI is InChI=1S/C19H18FN3O4/c1-22-17(13-7-5-8-15(20)10-13)11-18(21-22)27-12-14-6-3-4-9-16(14)23(26-2)19(24)25/h3-11H,12H2,1-2H3,(H,24,25). The lowest BCUT2D eigenvalue weighted by atomic mass is 10.1. The van der Waals surface area contributed by atoms with E-state index in [0.29, 0.717) is 28.4 Å². The van der Waals surface area contributed by atoms with Crippen LogP contribution in [0.1, 0.15) is 5.56 Å². The molecule has 0 fully saturated rings. The zero-order valence-electron chi connectivity index (χ0n) is 14.8. The largest absolute Gasteiger partial charge is 0.472 e. The molecule has 3 rings (SSSR count). The van der Waals surface area contributed by atoms with Gasteiger partial charge in [-0.25, -0.2) is 9.18 Å². The summed E-state index contributed by atoms with van der Waals surface area (Å²) in [7, 11) is 3.01. The maximum absolute atomic E-state index is 13.5. The van der Waals surface area contributed by atoms with E-state index in [1.54, 1.807) is 54.2 Å². The summed E-state index contributed by atoms with van der Waals surface area (Å²) in [5, 5.41) is 14.3. The molecule has 0 bridgehead atoms. The molecule has 7 nitrogen and oxygen atoms in total. The van der Waals surface area contributed by atoms with Crippen LogP contribution in [0, 0.1) is 5.82 Å². The van der Waals surface area contributed by atoms with Crippen molar-refractivity contribution in [2.45, 2.75) is 6.61 Å². The van der Waals surface area contributed by atoms with E-state index in [0.717, 1.165) is 5.06 Å². The van der Waals surface area contributed by atoms with Gasteiger partial charge in [0.2, 0.25) is 5.88 Å². The maximum atomic E-state index is 13.5. The quantitative estimate of drug-likeness (QED) is 0.666. The SMILES string of the molecule is CON(C(=O)O)c1ccccc1COc1cc(-c2cccc(F)c2)n(C)n1. The third-order valence-corrected chi connectivity index (χ3v) is 3.92. The molecule has 1 N–H and O–H groups in total. The van der Waals surface area contributed by atoms with Crippen molar-refractivity contribution in [3.05, 3.63) is 66.0 Å². The van der Waals surface area contributed by atoms with Gasteiger partial charge in [-0.3, -0.25) is 9.52 Å². The number of nitrogens with zero attached hydrogens (tertiary/aromatic N) is 3. The number of carboxylic acid groups (broad SMARTS) is 1. The first-order valence-corrected chi connectivity index (χ1v) is 8.07. The number of amides is 1. The number of para-hydroxylation sites is 1. The van der Waals surface area contributed by atoms with Crippen molar-refractivity contribution in [2.75, 3.05) is 12.2 Å². The molecule has 0 saturated carbocycles. The smallest absolute Gasteiger partial charge is 0.436 e. The van der Waals surface area contributed by atoms with E-state index in [1.165, 1.54) is 19.2 Å². The summed E-state index contributed by atoms with van der Waals surface area (Å²) in [5.74, 6) is 0.00396. The predicted molar refractivity (Wildman–Crippen MR) is 96.9 cm³/mol. The number of hydrogen-bond acceptors (Lipinski definition) is 4. The molecule has 3 aromatic rings. The molecule has 0 aliphatic carbocycles. The summed E-state index contributed by atoms with van der Waals surface area (Å²) < 4.78 is 20.8. The summed E-state index contributed by atoms with van der Waals surface area (Å²) in [6.07, 6.45) is -1.24. The second kappa shape index (κ2) is 7.88. The molecule has 0 atom stereocenters. The van der Waals surface area contributed by atoms with Crippen molar-refractivity contribution >= 4 is 11.8 Å². The minimum Gasteiger partial charge on any atom is -0.472 e. The van der Waals surface area contributed by atoms with E-state index in [1.807, 2.05) is 0 Å². The summed E-state index contributed by atoms with van der Waals surface area (Å²) in [4.78, 5) is 16.2. The number of carbonyl (C=O) groups is 1. The van der Waals surface area contributed by atoms with Gasteiger partial charge in [0, 0.05) is 24.2 Å². The number of aryl methyl sites for hydroxylation is 1. The minimum atomic E-state index is -1.24. The van der Waals surface area contributed by atoms with Gasteiger partial charge in [-0.2, -0.15) is 5.06 Å². The highest BCUT2D eigenvalue weighted by Gasteiger charge is 2.18. The van der Waals surface area contributed by atoms with Crippen LogP contribution in [0.3, 0.4) is 0 Å². The van der Waals surface area contributed by atoms with Crippen LogP contribution >= 0.6 is 0 Å². The van der Waals surface area contributed by atoms with E-state index in [9.17, 15) is 14.3 Å². The lowest BCUT2D eigenvalue weighted by Gasteiger charge is -2.19. The van der Waals surface area contributed by atoms with Gasteiger partial charge in [0.15, 0.2) is 0 Å². The zero-order valence-corrected chi connectivity index (χ0v) is 14.8. The van der Waals surface area contributed by atoms with Crippen molar-refractivity contribution in [1.29, 1.82) is 0 Å². The van der Waals surface area contributed by atoms with E-state index >= 15 is 0 Å². The van der Waals surface area contributed by atoms with E-state index in [4.69, 9.17) is 9.57 Å². The van der Waals surface area contributed by atoms with Crippen LogP contribution in [0.4, 0.5) is 14.9 Å². The lowest BCUT2D eigenvalue weighted by Crippen LogP contribution is -2.28. The third-order valence-electron chi connectivity index (χ3n) is 3.92. The number of aromatic nitrogens is 2. The van der Waals surface area contributed by atoms with Gasteiger partial charge in [0.05, 0.1) is 18.5 Å². The number of hydrogen-bond donors (Lipinski definition) is 1. The van der Waals surface area contributed by atoms with Crippen molar-refractivity contribution in [3.63, 3.8) is 0 Å². The molecule has 0 radical (unpaired) electrons. The van der Waals surface area contributed by atoms with E-state index < -0.39 is 6.09 Å². The molecular formula is C19H18FN3O4. The van der Waals surface area contributed by atoms with Crippen LogP contribution < -0.4 is 9.80 Å². The molecule has 1 amide bonds. The highest BCUT2D eigenvalue weighted by atomic mass is 19.1. The number of ether oxygens (including phenoxy) is 1. The summed E-state index contributed by atoms with van der Waals surface area (Å²) in [6.45, 7) is 0.0862. The Morgan fingerprint density at radius 2 is 2.00 bits per heavy atom. The number of halogens is 1. The monoisotopic (exact) mass is 371 g/mol. The van der Waals surface area contributed by atoms with Crippen molar-refractivity contribution in [3.8, 4) is 17.1 Å². The average Bonchev–Trinajstić information content (AvgIpc) is 3.02. The fourth-order valence-corrected chi connectivity index (χ4v) is 2.69. The van der Waals surface area contributed by atoms with Gasteiger partial charge < -0.3 is 9.84 Å². The molecular weight excluding hydrogens is 353 g/mol. The fraction of sp³-hybridized carbons (Fsp3) is 0.158. The Hall–Kier alpha value is -3.39. The molecule has 0 aliphatic heterocycles. The van der Waals surface area contributed by atoms with E-state index in [2.05, 4.69) is 5.10 Å². The highest BCUT2D eigenvalue weighted by molar-refractivity contribution is 5.84. The number of rotatable bonds is 6. The van der Waals surface area contributed by atoms with Crippen LogP contribution in [0.25, 0.3) is 11.3 Å². The van der Waals surface area contributed by atoms with Crippen molar-refractivity contribution in [1.82, 2.24) is 9.78 Å². The molecule has 0 unspecified atom stereocenters. The van der Waals surface area contributed by atoms with Gasteiger partial charge in [0.25, 0.3) is 0 Å². The summed E-state index contributed by atoms with van der Waals surface area (Å²) >= 11 is 0. The Balaban J connectivity index is 1.81. The Morgan fingerprint density at radius 1 is 1.22 bits per heavy atom. The molecule has 0 aliphatic rings. The molecule has 27 heavy (non-hydrogen) atoms. The molecule has 8 heteroatoms. The Bertz CT molecular complexity index is 958. The zero-order chi connectivity index (χ0) is 19.4. The molecule has 1 aromatic heterocycles. The average molecular weight is 371 g/mol. The van der Waals surface area contributed by atoms with Crippen LogP contribution in [0.15, 0.2) is 54.6 Å². The van der Waals surface area contributed by atoms with Crippen LogP contribution in [-0.4, -0.2) is 28.1 Å².